The van der Waals surface area contributed by atoms with Crippen molar-refractivity contribution in [3.8, 4) is 0 Å². The van der Waals surface area contributed by atoms with Crippen LogP contribution in [0, 0.1) is 5.92 Å². The zero-order valence-corrected chi connectivity index (χ0v) is 13.0. The molecule has 1 aliphatic heterocycles. The highest BCUT2D eigenvalue weighted by atomic mass is 32.2. The molecule has 0 unspecified atom stereocenters. The largest absolute Gasteiger partial charge is 0.353 e. The van der Waals surface area contributed by atoms with Gasteiger partial charge in [-0.2, -0.15) is 17.0 Å². The minimum absolute atomic E-state index is 0.0343. The van der Waals surface area contributed by atoms with Crippen LogP contribution in [-0.2, 0) is 15.0 Å². The molecule has 0 aromatic heterocycles. The Hall–Kier alpha value is -0.660. The first-order valence-electron chi connectivity index (χ1n) is 6.77. The van der Waals surface area contributed by atoms with Crippen molar-refractivity contribution in [2.24, 2.45) is 5.92 Å². The first-order chi connectivity index (χ1) is 8.78. The molecule has 19 heavy (non-hydrogen) atoms. The molecule has 0 saturated carbocycles. The summed E-state index contributed by atoms with van der Waals surface area (Å²) in [6.45, 7) is 4.74. The number of carbonyl (C=O) groups excluding carboxylic acids is 1. The fraction of sp³-hybridized carbons (Fsp3) is 0.917. The zero-order chi connectivity index (χ0) is 14.6. The predicted molar refractivity (Wildman–Crippen MR) is 74.8 cm³/mol. The summed E-state index contributed by atoms with van der Waals surface area (Å²) in [6.07, 6.45) is 2.35. The lowest BCUT2D eigenvalue weighted by Crippen LogP contribution is -2.49. The van der Waals surface area contributed by atoms with Crippen LogP contribution in [0.2, 0.25) is 0 Å². The van der Waals surface area contributed by atoms with Gasteiger partial charge in [0, 0.05) is 33.2 Å². The van der Waals surface area contributed by atoms with E-state index in [0.29, 0.717) is 6.54 Å². The van der Waals surface area contributed by atoms with Crippen molar-refractivity contribution in [3.05, 3.63) is 0 Å². The van der Waals surface area contributed by atoms with E-state index in [2.05, 4.69) is 5.32 Å². The maximum atomic E-state index is 12.1. The Morgan fingerprint density at radius 2 is 2.11 bits per heavy atom. The lowest BCUT2D eigenvalue weighted by molar-refractivity contribution is -0.126. The quantitative estimate of drug-likeness (QED) is 0.798. The molecule has 112 valence electrons. The monoisotopic (exact) mass is 291 g/mol. The third-order valence-electron chi connectivity index (χ3n) is 3.54. The standard InChI is InChI=1S/C12H25N3O3S/c1-5-10(2)13-12(16)11-7-6-8-15(9-11)19(17,18)14(3)4/h10-11H,5-9H2,1-4H3,(H,13,16)/t10-,11-/m0/s1. The number of nitrogens with zero attached hydrogens (tertiary/aromatic N) is 2. The van der Waals surface area contributed by atoms with E-state index in [1.165, 1.54) is 22.7 Å². The number of rotatable bonds is 5. The van der Waals surface area contributed by atoms with E-state index >= 15 is 0 Å². The van der Waals surface area contributed by atoms with Gasteiger partial charge in [0.05, 0.1) is 5.92 Å². The van der Waals surface area contributed by atoms with Crippen LogP contribution in [0.1, 0.15) is 33.1 Å². The van der Waals surface area contributed by atoms with Gasteiger partial charge >= 0.3 is 0 Å². The van der Waals surface area contributed by atoms with Crippen LogP contribution in [0.15, 0.2) is 0 Å². The molecule has 1 rings (SSSR count). The molecule has 0 aliphatic carbocycles. The molecule has 2 atom stereocenters. The minimum atomic E-state index is -3.41. The lowest BCUT2D eigenvalue weighted by Gasteiger charge is -2.33. The molecule has 1 aliphatic rings. The molecule has 0 radical (unpaired) electrons. The third-order valence-corrected chi connectivity index (χ3v) is 5.45. The highest BCUT2D eigenvalue weighted by Gasteiger charge is 2.33. The fourth-order valence-corrected chi connectivity index (χ4v) is 3.25. The van der Waals surface area contributed by atoms with Crippen LogP contribution in [0.3, 0.4) is 0 Å². The van der Waals surface area contributed by atoms with Crippen molar-refractivity contribution in [2.75, 3.05) is 27.2 Å². The smallest absolute Gasteiger partial charge is 0.281 e. The number of hydrogen-bond acceptors (Lipinski definition) is 3. The van der Waals surface area contributed by atoms with Gasteiger partial charge in [0.2, 0.25) is 5.91 Å². The predicted octanol–water partition coefficient (Wildman–Crippen LogP) is 0.420. The van der Waals surface area contributed by atoms with Gasteiger partial charge in [0.15, 0.2) is 0 Å². The maximum absolute atomic E-state index is 12.1. The van der Waals surface area contributed by atoms with Crippen LogP contribution in [0.25, 0.3) is 0 Å². The summed E-state index contributed by atoms with van der Waals surface area (Å²) in [5.41, 5.74) is 0. The second kappa shape index (κ2) is 6.67. The molecule has 1 saturated heterocycles. The van der Waals surface area contributed by atoms with Gasteiger partial charge < -0.3 is 5.32 Å². The minimum Gasteiger partial charge on any atom is -0.353 e. The Labute approximate surface area is 116 Å². The third kappa shape index (κ3) is 4.15. The zero-order valence-electron chi connectivity index (χ0n) is 12.2. The van der Waals surface area contributed by atoms with Gasteiger partial charge in [-0.3, -0.25) is 4.79 Å². The first kappa shape index (κ1) is 16.4. The molecule has 1 heterocycles. The van der Waals surface area contributed by atoms with Gasteiger partial charge in [0.1, 0.15) is 0 Å². The van der Waals surface area contributed by atoms with Crippen LogP contribution >= 0.6 is 0 Å². The highest BCUT2D eigenvalue weighted by molar-refractivity contribution is 7.86. The number of amides is 1. The Kier molecular flexibility index (Phi) is 5.76. The summed E-state index contributed by atoms with van der Waals surface area (Å²) >= 11 is 0. The Bertz CT molecular complexity index is 408. The Morgan fingerprint density at radius 3 is 2.63 bits per heavy atom. The van der Waals surface area contributed by atoms with E-state index in [0.717, 1.165) is 19.3 Å². The lowest BCUT2D eigenvalue weighted by atomic mass is 9.98. The molecular weight excluding hydrogens is 266 g/mol. The van der Waals surface area contributed by atoms with Gasteiger partial charge in [-0.25, -0.2) is 0 Å². The van der Waals surface area contributed by atoms with Crippen molar-refractivity contribution >= 4 is 16.1 Å². The number of carbonyl (C=O) groups is 1. The van der Waals surface area contributed by atoms with Crippen molar-refractivity contribution < 1.29 is 13.2 Å². The molecule has 0 bridgehead atoms. The highest BCUT2D eigenvalue weighted by Crippen LogP contribution is 2.20. The summed E-state index contributed by atoms with van der Waals surface area (Å²) in [5, 5.41) is 2.93. The Balaban J connectivity index is 2.67. The molecule has 1 N–H and O–H groups in total. The summed E-state index contributed by atoms with van der Waals surface area (Å²) < 4.78 is 26.7. The Morgan fingerprint density at radius 1 is 1.47 bits per heavy atom. The van der Waals surface area contributed by atoms with Crippen molar-refractivity contribution in [1.29, 1.82) is 0 Å². The number of piperidine rings is 1. The van der Waals surface area contributed by atoms with Gasteiger partial charge in [-0.15, -0.1) is 0 Å². The second-order valence-corrected chi connectivity index (χ2v) is 7.45. The van der Waals surface area contributed by atoms with Crippen molar-refractivity contribution in [3.63, 3.8) is 0 Å². The second-order valence-electron chi connectivity index (χ2n) is 5.31. The summed E-state index contributed by atoms with van der Waals surface area (Å²) in [4.78, 5) is 12.1. The van der Waals surface area contributed by atoms with Crippen LogP contribution < -0.4 is 5.32 Å². The van der Waals surface area contributed by atoms with E-state index in [-0.39, 0.29) is 24.4 Å². The molecular formula is C12H25N3O3S. The molecule has 7 heteroatoms. The van der Waals surface area contributed by atoms with Gasteiger partial charge in [0.25, 0.3) is 10.2 Å². The van der Waals surface area contributed by atoms with Gasteiger partial charge in [-0.1, -0.05) is 6.92 Å². The van der Waals surface area contributed by atoms with E-state index in [9.17, 15) is 13.2 Å². The molecule has 0 aromatic rings. The fourth-order valence-electron chi connectivity index (χ4n) is 2.06. The summed E-state index contributed by atoms with van der Waals surface area (Å²) in [7, 11) is -0.390. The molecule has 0 spiro atoms. The van der Waals surface area contributed by atoms with Crippen molar-refractivity contribution in [2.45, 2.75) is 39.2 Å². The average Bonchev–Trinajstić information content (AvgIpc) is 2.38. The van der Waals surface area contributed by atoms with Crippen LogP contribution in [-0.4, -0.2) is 56.2 Å². The first-order valence-corrected chi connectivity index (χ1v) is 8.16. The van der Waals surface area contributed by atoms with Crippen LogP contribution in [0.4, 0.5) is 0 Å². The number of nitrogens with one attached hydrogen (secondary N) is 1. The summed E-state index contributed by atoms with van der Waals surface area (Å²) in [5.74, 6) is -0.273. The van der Waals surface area contributed by atoms with E-state index in [1.807, 2.05) is 13.8 Å². The van der Waals surface area contributed by atoms with Crippen molar-refractivity contribution in [1.82, 2.24) is 13.9 Å². The molecule has 1 amide bonds. The SMILES string of the molecule is CC[C@H](C)NC(=O)[C@H]1CCCN(S(=O)(=O)N(C)C)C1. The van der Waals surface area contributed by atoms with E-state index in [1.54, 1.807) is 0 Å². The normalized spacial score (nSPS) is 23.3. The van der Waals surface area contributed by atoms with Gasteiger partial charge in [-0.05, 0) is 26.2 Å². The molecule has 0 aromatic carbocycles. The van der Waals surface area contributed by atoms with E-state index in [4.69, 9.17) is 0 Å². The molecule has 6 nitrogen and oxygen atoms in total. The van der Waals surface area contributed by atoms with Crippen LogP contribution in [0.5, 0.6) is 0 Å². The average molecular weight is 291 g/mol. The van der Waals surface area contributed by atoms with E-state index < -0.39 is 10.2 Å². The number of hydrogen-bond donors (Lipinski definition) is 1. The summed E-state index contributed by atoms with van der Waals surface area (Å²) in [6, 6.07) is 0.133. The molecule has 1 fully saturated rings. The maximum Gasteiger partial charge on any atom is 0.281 e. The topological polar surface area (TPSA) is 69.7 Å².